The number of carboxylic acids is 1. The first kappa shape index (κ1) is 12.9. The molecule has 0 bridgehead atoms. The standard InChI is InChI=1S/C14H8ClNO3/c15-12-7-9(8-16)1-6-13(12)19-11-4-2-10(3-5-11)14(17)18/h1-7H,(H,17,18). The number of hydrogen-bond donors (Lipinski definition) is 1. The Kier molecular flexibility index (Phi) is 3.69. The van der Waals surface area contributed by atoms with E-state index in [0.29, 0.717) is 22.1 Å². The monoisotopic (exact) mass is 273 g/mol. The number of benzene rings is 2. The number of carboxylic acid groups (broad SMARTS) is 1. The molecule has 0 saturated carbocycles. The molecule has 0 heterocycles. The summed E-state index contributed by atoms with van der Waals surface area (Å²) in [6, 6.07) is 12.6. The molecule has 4 nitrogen and oxygen atoms in total. The van der Waals surface area contributed by atoms with Gasteiger partial charge < -0.3 is 9.84 Å². The summed E-state index contributed by atoms with van der Waals surface area (Å²) in [5, 5.41) is 17.8. The van der Waals surface area contributed by atoms with Crippen molar-refractivity contribution in [3.63, 3.8) is 0 Å². The van der Waals surface area contributed by atoms with Gasteiger partial charge in [-0.25, -0.2) is 4.79 Å². The third-order valence-corrected chi connectivity index (χ3v) is 2.69. The summed E-state index contributed by atoms with van der Waals surface area (Å²) in [4.78, 5) is 10.7. The van der Waals surface area contributed by atoms with Gasteiger partial charge in [-0.15, -0.1) is 0 Å². The molecule has 2 rings (SSSR count). The quantitative estimate of drug-likeness (QED) is 0.925. The molecule has 1 N–H and O–H groups in total. The van der Waals surface area contributed by atoms with Crippen molar-refractivity contribution >= 4 is 17.6 Å². The summed E-state index contributed by atoms with van der Waals surface area (Å²) >= 11 is 5.97. The summed E-state index contributed by atoms with van der Waals surface area (Å²) in [5.74, 6) is -0.122. The maximum Gasteiger partial charge on any atom is 0.335 e. The predicted molar refractivity (Wildman–Crippen MR) is 69.6 cm³/mol. The number of nitriles is 1. The first-order valence-corrected chi connectivity index (χ1v) is 5.69. The van der Waals surface area contributed by atoms with Crippen LogP contribution in [0.5, 0.6) is 11.5 Å². The van der Waals surface area contributed by atoms with Gasteiger partial charge in [0.2, 0.25) is 0 Å². The molecule has 94 valence electrons. The van der Waals surface area contributed by atoms with Gasteiger partial charge in [0, 0.05) is 0 Å². The minimum Gasteiger partial charge on any atom is -0.478 e. The normalized spacial score (nSPS) is 9.68. The number of halogens is 1. The summed E-state index contributed by atoms with van der Waals surface area (Å²) in [5.41, 5.74) is 0.622. The fraction of sp³-hybridized carbons (Fsp3) is 0. The molecule has 0 aliphatic rings. The molecule has 0 amide bonds. The van der Waals surface area contributed by atoms with E-state index in [9.17, 15) is 4.79 Å². The number of nitrogens with zero attached hydrogens (tertiary/aromatic N) is 1. The van der Waals surface area contributed by atoms with Crippen molar-refractivity contribution in [3.05, 3.63) is 58.6 Å². The lowest BCUT2D eigenvalue weighted by molar-refractivity contribution is 0.0697. The van der Waals surface area contributed by atoms with Crippen LogP contribution >= 0.6 is 11.6 Å². The molecule has 0 fully saturated rings. The van der Waals surface area contributed by atoms with Crippen LogP contribution in [0.4, 0.5) is 0 Å². The summed E-state index contributed by atoms with van der Waals surface area (Å²) < 4.78 is 5.51. The van der Waals surface area contributed by atoms with Crippen molar-refractivity contribution in [3.8, 4) is 17.6 Å². The molecule has 0 aliphatic heterocycles. The minimum absolute atomic E-state index is 0.179. The maximum absolute atomic E-state index is 10.7. The van der Waals surface area contributed by atoms with Crippen molar-refractivity contribution < 1.29 is 14.6 Å². The average molecular weight is 274 g/mol. The van der Waals surface area contributed by atoms with Crippen LogP contribution in [-0.4, -0.2) is 11.1 Å². The smallest absolute Gasteiger partial charge is 0.335 e. The third kappa shape index (κ3) is 3.03. The molecule has 5 heteroatoms. The molecule has 0 radical (unpaired) electrons. The number of ether oxygens (including phenoxy) is 1. The molecule has 2 aromatic carbocycles. The predicted octanol–water partition coefficient (Wildman–Crippen LogP) is 3.70. The molecule has 0 spiro atoms. The number of hydrogen-bond acceptors (Lipinski definition) is 3. The highest BCUT2D eigenvalue weighted by atomic mass is 35.5. The van der Waals surface area contributed by atoms with Crippen molar-refractivity contribution in [2.75, 3.05) is 0 Å². The number of aromatic carboxylic acids is 1. The van der Waals surface area contributed by atoms with E-state index in [2.05, 4.69) is 0 Å². The first-order valence-electron chi connectivity index (χ1n) is 5.31. The van der Waals surface area contributed by atoms with Gasteiger partial charge in [-0.2, -0.15) is 5.26 Å². The highest BCUT2D eigenvalue weighted by molar-refractivity contribution is 6.32. The fourth-order valence-corrected chi connectivity index (χ4v) is 1.66. The lowest BCUT2D eigenvalue weighted by atomic mass is 10.2. The Balaban J connectivity index is 2.22. The van der Waals surface area contributed by atoms with Gasteiger partial charge in [0.05, 0.1) is 22.2 Å². The Morgan fingerprint density at radius 3 is 2.42 bits per heavy atom. The Morgan fingerprint density at radius 1 is 1.21 bits per heavy atom. The second kappa shape index (κ2) is 5.42. The van der Waals surface area contributed by atoms with Gasteiger partial charge in [0.1, 0.15) is 11.5 Å². The van der Waals surface area contributed by atoms with Gasteiger partial charge in [0.15, 0.2) is 0 Å². The Labute approximate surface area is 114 Å². The molecular weight excluding hydrogens is 266 g/mol. The van der Waals surface area contributed by atoms with Crippen LogP contribution in [0.3, 0.4) is 0 Å². The van der Waals surface area contributed by atoms with Crippen LogP contribution in [0, 0.1) is 11.3 Å². The van der Waals surface area contributed by atoms with E-state index in [4.69, 9.17) is 26.7 Å². The van der Waals surface area contributed by atoms with E-state index < -0.39 is 5.97 Å². The molecule has 0 aromatic heterocycles. The highest BCUT2D eigenvalue weighted by Crippen LogP contribution is 2.30. The van der Waals surface area contributed by atoms with Crippen molar-refractivity contribution in [2.24, 2.45) is 0 Å². The first-order chi connectivity index (χ1) is 9.10. The lowest BCUT2D eigenvalue weighted by Gasteiger charge is -2.07. The van der Waals surface area contributed by atoms with Gasteiger partial charge >= 0.3 is 5.97 Å². The van der Waals surface area contributed by atoms with Crippen LogP contribution in [0.25, 0.3) is 0 Å². The molecule has 0 atom stereocenters. The maximum atomic E-state index is 10.7. The van der Waals surface area contributed by atoms with Crippen molar-refractivity contribution in [1.29, 1.82) is 5.26 Å². The minimum atomic E-state index is -0.997. The van der Waals surface area contributed by atoms with E-state index in [1.165, 1.54) is 30.3 Å². The van der Waals surface area contributed by atoms with Crippen LogP contribution in [0.2, 0.25) is 5.02 Å². The summed E-state index contributed by atoms with van der Waals surface area (Å²) in [6.45, 7) is 0. The number of rotatable bonds is 3. The molecule has 0 aliphatic carbocycles. The summed E-state index contributed by atoms with van der Waals surface area (Å²) in [6.07, 6.45) is 0. The van der Waals surface area contributed by atoms with Crippen LogP contribution in [0.15, 0.2) is 42.5 Å². The van der Waals surface area contributed by atoms with Gasteiger partial charge in [-0.3, -0.25) is 0 Å². The Hall–Kier alpha value is -2.51. The molecular formula is C14H8ClNO3. The SMILES string of the molecule is N#Cc1ccc(Oc2ccc(C(=O)O)cc2)c(Cl)c1. The van der Waals surface area contributed by atoms with E-state index in [0.717, 1.165) is 0 Å². The van der Waals surface area contributed by atoms with E-state index in [-0.39, 0.29) is 5.56 Å². The second-order valence-electron chi connectivity index (χ2n) is 3.69. The van der Waals surface area contributed by atoms with E-state index in [1.807, 2.05) is 6.07 Å². The highest BCUT2D eigenvalue weighted by Gasteiger charge is 2.06. The Morgan fingerprint density at radius 2 is 1.89 bits per heavy atom. The zero-order valence-electron chi connectivity index (χ0n) is 9.63. The third-order valence-electron chi connectivity index (χ3n) is 2.39. The van der Waals surface area contributed by atoms with Crippen molar-refractivity contribution in [2.45, 2.75) is 0 Å². The molecule has 0 saturated heterocycles. The zero-order chi connectivity index (χ0) is 13.8. The van der Waals surface area contributed by atoms with Crippen LogP contribution < -0.4 is 4.74 Å². The van der Waals surface area contributed by atoms with Crippen LogP contribution in [0.1, 0.15) is 15.9 Å². The lowest BCUT2D eigenvalue weighted by Crippen LogP contribution is -1.95. The van der Waals surface area contributed by atoms with Gasteiger partial charge in [-0.05, 0) is 42.5 Å². The second-order valence-corrected chi connectivity index (χ2v) is 4.10. The van der Waals surface area contributed by atoms with E-state index >= 15 is 0 Å². The molecule has 19 heavy (non-hydrogen) atoms. The van der Waals surface area contributed by atoms with Crippen LogP contribution in [-0.2, 0) is 0 Å². The fourth-order valence-electron chi connectivity index (χ4n) is 1.45. The summed E-state index contributed by atoms with van der Waals surface area (Å²) in [7, 11) is 0. The number of carbonyl (C=O) groups is 1. The molecule has 2 aromatic rings. The zero-order valence-corrected chi connectivity index (χ0v) is 10.4. The topological polar surface area (TPSA) is 70.3 Å². The average Bonchev–Trinajstić information content (AvgIpc) is 2.41. The molecule has 0 unspecified atom stereocenters. The largest absolute Gasteiger partial charge is 0.478 e. The van der Waals surface area contributed by atoms with Gasteiger partial charge in [-0.1, -0.05) is 11.6 Å². The Bertz CT molecular complexity index is 659. The van der Waals surface area contributed by atoms with Gasteiger partial charge in [0.25, 0.3) is 0 Å². The van der Waals surface area contributed by atoms with Crippen molar-refractivity contribution in [1.82, 2.24) is 0 Å². The van der Waals surface area contributed by atoms with E-state index in [1.54, 1.807) is 12.1 Å².